The summed E-state index contributed by atoms with van der Waals surface area (Å²) in [6.07, 6.45) is 9.45. The highest BCUT2D eigenvalue weighted by molar-refractivity contribution is 6.35. The third-order valence-electron chi connectivity index (χ3n) is 5.44. The van der Waals surface area contributed by atoms with Crippen LogP contribution in [0.4, 0.5) is 0 Å². The zero-order valence-corrected chi connectivity index (χ0v) is 14.7. The van der Waals surface area contributed by atoms with E-state index >= 15 is 0 Å². The lowest BCUT2D eigenvalue weighted by Crippen LogP contribution is -2.39. The van der Waals surface area contributed by atoms with Crippen molar-refractivity contribution in [3.05, 3.63) is 45.5 Å². The van der Waals surface area contributed by atoms with Crippen LogP contribution in [-0.2, 0) is 18.4 Å². The maximum atomic E-state index is 6.54. The zero-order valence-electron chi connectivity index (χ0n) is 13.2. The van der Waals surface area contributed by atoms with Gasteiger partial charge in [0.2, 0.25) is 0 Å². The summed E-state index contributed by atoms with van der Waals surface area (Å²) in [6, 6.07) is 5.87. The molecule has 5 heteroatoms. The van der Waals surface area contributed by atoms with Gasteiger partial charge in [-0.15, -0.1) is 10.2 Å². The Morgan fingerprint density at radius 1 is 0.957 bits per heavy atom. The van der Waals surface area contributed by atoms with Gasteiger partial charge in [-0.1, -0.05) is 48.5 Å². The summed E-state index contributed by atoms with van der Waals surface area (Å²) in [6.45, 7) is 1.03. The van der Waals surface area contributed by atoms with Crippen LogP contribution in [0.25, 0.3) is 0 Å². The molecule has 0 radical (unpaired) electrons. The zero-order chi connectivity index (χ0) is 15.9. The van der Waals surface area contributed by atoms with E-state index in [4.69, 9.17) is 23.2 Å². The van der Waals surface area contributed by atoms with Crippen molar-refractivity contribution >= 4 is 23.2 Å². The van der Waals surface area contributed by atoms with Gasteiger partial charge in [0, 0.05) is 23.0 Å². The van der Waals surface area contributed by atoms with E-state index < -0.39 is 0 Å². The Morgan fingerprint density at radius 2 is 1.78 bits per heavy atom. The fourth-order valence-corrected chi connectivity index (χ4v) is 4.63. The van der Waals surface area contributed by atoms with Crippen molar-refractivity contribution in [3.8, 4) is 0 Å². The van der Waals surface area contributed by atoms with Gasteiger partial charge in [-0.2, -0.15) is 0 Å². The van der Waals surface area contributed by atoms with E-state index in [1.165, 1.54) is 32.1 Å². The van der Waals surface area contributed by atoms with Gasteiger partial charge in [0.25, 0.3) is 0 Å². The number of fused-ring (bicyclic) bond motifs is 1. The molecule has 23 heavy (non-hydrogen) atoms. The minimum Gasteiger partial charge on any atom is -0.314 e. The van der Waals surface area contributed by atoms with E-state index in [1.807, 2.05) is 12.1 Å². The lowest BCUT2D eigenvalue weighted by atomic mass is 9.63. The quantitative estimate of drug-likeness (QED) is 0.748. The SMILES string of the molecule is Clc1ccc(C2(c3nnc4n3CCCCCC4)CCC2)c(Cl)c1. The molecule has 0 spiro atoms. The second-order valence-corrected chi connectivity index (χ2v) is 7.66. The Morgan fingerprint density at radius 3 is 2.52 bits per heavy atom. The van der Waals surface area contributed by atoms with E-state index in [0.717, 1.165) is 48.0 Å². The number of nitrogens with zero attached hydrogens (tertiary/aromatic N) is 3. The van der Waals surface area contributed by atoms with E-state index in [0.29, 0.717) is 5.02 Å². The lowest BCUT2D eigenvalue weighted by Gasteiger charge is -2.42. The van der Waals surface area contributed by atoms with Crippen molar-refractivity contribution in [3.63, 3.8) is 0 Å². The predicted molar refractivity (Wildman–Crippen MR) is 93.3 cm³/mol. The molecule has 0 unspecified atom stereocenters. The number of aromatic nitrogens is 3. The van der Waals surface area contributed by atoms with Gasteiger partial charge in [-0.25, -0.2) is 0 Å². The van der Waals surface area contributed by atoms with Crippen LogP contribution in [0.1, 0.15) is 62.2 Å². The molecule has 1 aliphatic heterocycles. The number of hydrogen-bond donors (Lipinski definition) is 0. The van der Waals surface area contributed by atoms with E-state index in [-0.39, 0.29) is 5.41 Å². The standard InChI is InChI=1S/C18H21Cl2N3/c19-13-7-8-14(15(20)12-13)18(9-5-10-18)17-22-21-16-6-3-1-2-4-11-23(16)17/h7-8,12H,1-6,9-11H2. The Kier molecular flexibility index (Phi) is 4.10. The summed E-state index contributed by atoms with van der Waals surface area (Å²) in [5.41, 5.74) is 1.08. The smallest absolute Gasteiger partial charge is 0.143 e. The molecular weight excluding hydrogens is 329 g/mol. The fraction of sp³-hybridized carbons (Fsp3) is 0.556. The van der Waals surface area contributed by atoms with Crippen molar-refractivity contribution in [2.24, 2.45) is 0 Å². The minimum absolute atomic E-state index is 0.0773. The summed E-state index contributed by atoms with van der Waals surface area (Å²) in [5.74, 6) is 2.26. The van der Waals surface area contributed by atoms with Gasteiger partial charge in [0.05, 0.1) is 5.41 Å². The highest BCUT2D eigenvalue weighted by Crippen LogP contribution is 2.51. The summed E-state index contributed by atoms with van der Waals surface area (Å²) in [5, 5.41) is 10.6. The molecule has 1 fully saturated rings. The van der Waals surface area contributed by atoms with Crippen LogP contribution in [-0.4, -0.2) is 14.8 Å². The highest BCUT2D eigenvalue weighted by atomic mass is 35.5. The molecule has 0 amide bonds. The molecular formula is C18H21Cl2N3. The van der Waals surface area contributed by atoms with Crippen LogP contribution >= 0.6 is 23.2 Å². The molecule has 2 aromatic rings. The summed E-state index contributed by atoms with van der Waals surface area (Å²) in [4.78, 5) is 0. The van der Waals surface area contributed by atoms with Crippen molar-refractivity contribution in [2.75, 3.05) is 0 Å². The molecule has 1 saturated carbocycles. The monoisotopic (exact) mass is 349 g/mol. The van der Waals surface area contributed by atoms with Gasteiger partial charge in [0.1, 0.15) is 11.6 Å². The summed E-state index contributed by atoms with van der Waals surface area (Å²) >= 11 is 12.6. The molecule has 122 valence electrons. The van der Waals surface area contributed by atoms with Crippen molar-refractivity contribution < 1.29 is 0 Å². The average Bonchev–Trinajstić information content (AvgIpc) is 2.82. The molecule has 0 atom stereocenters. The molecule has 1 aliphatic carbocycles. The molecule has 0 N–H and O–H groups in total. The predicted octanol–water partition coefficient (Wildman–Crippen LogP) is 5.17. The highest BCUT2D eigenvalue weighted by Gasteiger charge is 2.46. The number of hydrogen-bond acceptors (Lipinski definition) is 2. The molecule has 2 aliphatic rings. The second-order valence-electron chi connectivity index (χ2n) is 6.82. The Bertz CT molecular complexity index is 719. The first-order chi connectivity index (χ1) is 11.2. The van der Waals surface area contributed by atoms with Crippen LogP contribution in [0.3, 0.4) is 0 Å². The lowest BCUT2D eigenvalue weighted by molar-refractivity contribution is 0.272. The van der Waals surface area contributed by atoms with Gasteiger partial charge < -0.3 is 4.57 Å². The third-order valence-corrected chi connectivity index (χ3v) is 5.99. The molecule has 0 saturated heterocycles. The Labute approximate surface area is 147 Å². The Hall–Kier alpha value is -1.06. The maximum absolute atomic E-state index is 6.54. The van der Waals surface area contributed by atoms with Gasteiger partial charge in [-0.05, 0) is 43.4 Å². The van der Waals surface area contributed by atoms with Crippen LogP contribution in [0.5, 0.6) is 0 Å². The molecule has 4 rings (SSSR count). The molecule has 0 bridgehead atoms. The van der Waals surface area contributed by atoms with Crippen LogP contribution in [0, 0.1) is 0 Å². The number of rotatable bonds is 2. The topological polar surface area (TPSA) is 30.7 Å². The minimum atomic E-state index is -0.0773. The second kappa shape index (κ2) is 6.10. The number of aryl methyl sites for hydroxylation is 1. The number of benzene rings is 1. The molecule has 2 heterocycles. The molecule has 1 aromatic carbocycles. The van der Waals surface area contributed by atoms with E-state index in [9.17, 15) is 0 Å². The van der Waals surface area contributed by atoms with Crippen LogP contribution in [0.2, 0.25) is 10.0 Å². The van der Waals surface area contributed by atoms with Gasteiger partial charge in [-0.3, -0.25) is 0 Å². The van der Waals surface area contributed by atoms with E-state index in [2.05, 4.69) is 20.8 Å². The maximum Gasteiger partial charge on any atom is 0.143 e. The van der Waals surface area contributed by atoms with Crippen molar-refractivity contribution in [2.45, 2.75) is 63.3 Å². The van der Waals surface area contributed by atoms with Crippen LogP contribution in [0.15, 0.2) is 18.2 Å². The van der Waals surface area contributed by atoms with Gasteiger partial charge in [0.15, 0.2) is 0 Å². The normalized spacial score (nSPS) is 20.3. The van der Waals surface area contributed by atoms with Crippen molar-refractivity contribution in [1.82, 2.24) is 14.8 Å². The summed E-state index contributed by atoms with van der Waals surface area (Å²) in [7, 11) is 0. The van der Waals surface area contributed by atoms with Gasteiger partial charge >= 0.3 is 0 Å². The first-order valence-corrected chi connectivity index (χ1v) is 9.34. The van der Waals surface area contributed by atoms with E-state index in [1.54, 1.807) is 0 Å². The number of halogens is 2. The third kappa shape index (κ3) is 2.58. The first-order valence-electron chi connectivity index (χ1n) is 8.59. The largest absolute Gasteiger partial charge is 0.314 e. The molecule has 1 aromatic heterocycles. The first kappa shape index (κ1) is 15.5. The van der Waals surface area contributed by atoms with Crippen molar-refractivity contribution in [1.29, 1.82) is 0 Å². The van der Waals surface area contributed by atoms with Crippen LogP contribution < -0.4 is 0 Å². The summed E-state index contributed by atoms with van der Waals surface area (Å²) < 4.78 is 2.38. The fourth-order valence-electron chi connectivity index (χ4n) is 4.04. The average molecular weight is 350 g/mol. The molecule has 3 nitrogen and oxygen atoms in total. The Balaban J connectivity index is 1.81.